The number of para-hydroxylation sites is 1. The Labute approximate surface area is 208 Å². The predicted molar refractivity (Wildman–Crippen MR) is 139 cm³/mol. The summed E-state index contributed by atoms with van der Waals surface area (Å²) in [6, 6.07) is 14.0. The molecule has 2 aromatic rings. The number of nitrogens with zero attached hydrogens (tertiary/aromatic N) is 2. The van der Waals surface area contributed by atoms with Crippen molar-refractivity contribution in [2.24, 2.45) is 4.99 Å². The van der Waals surface area contributed by atoms with Crippen molar-refractivity contribution in [3.8, 4) is 17.2 Å². The summed E-state index contributed by atoms with van der Waals surface area (Å²) in [5.74, 6) is 2.18. The van der Waals surface area contributed by atoms with Gasteiger partial charge in [0, 0.05) is 18.7 Å². The summed E-state index contributed by atoms with van der Waals surface area (Å²) in [4.78, 5) is 7.19. The first-order valence-corrected chi connectivity index (χ1v) is 10.9. The van der Waals surface area contributed by atoms with E-state index in [4.69, 9.17) is 9.47 Å². The summed E-state index contributed by atoms with van der Waals surface area (Å²) in [6.07, 6.45) is 2.45. The zero-order valence-electron chi connectivity index (χ0n) is 19.1. The zero-order chi connectivity index (χ0) is 22.1. The maximum Gasteiger partial charge on any atom is 0.191 e. The minimum absolute atomic E-state index is 0. The monoisotopic (exact) mass is 554 g/mol. The average molecular weight is 554 g/mol. The number of benzene rings is 2. The summed E-state index contributed by atoms with van der Waals surface area (Å²) >= 11 is 0. The van der Waals surface area contributed by atoms with Crippen LogP contribution in [0.1, 0.15) is 36.9 Å². The van der Waals surface area contributed by atoms with E-state index in [1.165, 1.54) is 18.4 Å². The van der Waals surface area contributed by atoms with Gasteiger partial charge in [0.15, 0.2) is 17.5 Å². The Morgan fingerprint density at radius 2 is 1.84 bits per heavy atom. The Morgan fingerprint density at radius 1 is 1.09 bits per heavy atom. The van der Waals surface area contributed by atoms with Crippen LogP contribution < -0.4 is 20.1 Å². The van der Waals surface area contributed by atoms with E-state index in [-0.39, 0.29) is 35.8 Å². The number of halogens is 1. The van der Waals surface area contributed by atoms with Crippen LogP contribution in [0.3, 0.4) is 0 Å². The van der Waals surface area contributed by atoms with Gasteiger partial charge >= 0.3 is 0 Å². The molecule has 0 amide bonds. The van der Waals surface area contributed by atoms with Gasteiger partial charge < -0.3 is 25.2 Å². The Kier molecular flexibility index (Phi) is 10.9. The van der Waals surface area contributed by atoms with E-state index in [9.17, 15) is 5.11 Å². The smallest absolute Gasteiger partial charge is 0.191 e. The number of methoxy groups -OCH3 is 2. The molecule has 1 atom stereocenters. The van der Waals surface area contributed by atoms with Crippen LogP contribution in [0, 0.1) is 0 Å². The largest absolute Gasteiger partial charge is 0.504 e. The van der Waals surface area contributed by atoms with Crippen LogP contribution in [0.5, 0.6) is 17.2 Å². The summed E-state index contributed by atoms with van der Waals surface area (Å²) in [5.41, 5.74) is 1.95. The van der Waals surface area contributed by atoms with E-state index in [0.717, 1.165) is 43.5 Å². The van der Waals surface area contributed by atoms with Gasteiger partial charge in [0.25, 0.3) is 0 Å². The van der Waals surface area contributed by atoms with E-state index >= 15 is 0 Å². The van der Waals surface area contributed by atoms with Gasteiger partial charge in [-0.2, -0.15) is 0 Å². The van der Waals surface area contributed by atoms with Crippen molar-refractivity contribution >= 4 is 29.9 Å². The van der Waals surface area contributed by atoms with E-state index in [0.29, 0.717) is 12.3 Å². The first-order chi connectivity index (χ1) is 15.2. The van der Waals surface area contributed by atoms with E-state index in [2.05, 4.69) is 32.7 Å². The molecule has 7 nitrogen and oxygen atoms in total. The van der Waals surface area contributed by atoms with Crippen molar-refractivity contribution in [3.05, 3.63) is 53.6 Å². The quantitative estimate of drug-likeness (QED) is 0.248. The number of nitrogens with one attached hydrogen (secondary N) is 2. The van der Waals surface area contributed by atoms with Crippen molar-refractivity contribution in [1.82, 2.24) is 15.5 Å². The van der Waals surface area contributed by atoms with Gasteiger partial charge in [-0.25, -0.2) is 4.99 Å². The zero-order valence-corrected chi connectivity index (χ0v) is 21.5. The topological polar surface area (TPSA) is 78.4 Å². The van der Waals surface area contributed by atoms with Crippen molar-refractivity contribution in [1.29, 1.82) is 0 Å². The van der Waals surface area contributed by atoms with Crippen LogP contribution in [-0.4, -0.2) is 56.4 Å². The van der Waals surface area contributed by atoms with Gasteiger partial charge in [0.1, 0.15) is 5.75 Å². The van der Waals surface area contributed by atoms with Gasteiger partial charge in [-0.3, -0.25) is 4.90 Å². The van der Waals surface area contributed by atoms with Gasteiger partial charge in [-0.05, 0) is 56.6 Å². The van der Waals surface area contributed by atoms with Crippen molar-refractivity contribution < 1.29 is 14.6 Å². The number of guanidine groups is 1. The summed E-state index contributed by atoms with van der Waals surface area (Å²) in [5, 5.41) is 17.1. The van der Waals surface area contributed by atoms with Crippen LogP contribution in [0.2, 0.25) is 0 Å². The molecule has 1 saturated heterocycles. The number of aromatic hydroxyl groups is 1. The second kappa shape index (κ2) is 13.4. The van der Waals surface area contributed by atoms with Crippen LogP contribution in [0.15, 0.2) is 47.5 Å². The van der Waals surface area contributed by atoms with Crippen LogP contribution in [0.25, 0.3) is 0 Å². The number of phenols is 1. The number of ether oxygens (including phenoxy) is 2. The molecule has 8 heteroatoms. The lowest BCUT2D eigenvalue weighted by Gasteiger charge is -2.29. The molecular weight excluding hydrogens is 519 g/mol. The Balaban J connectivity index is 0.00000363. The first kappa shape index (κ1) is 26.1. The normalized spacial score (nSPS) is 15.0. The Hall–Kier alpha value is -2.20. The highest BCUT2D eigenvalue weighted by Crippen LogP contribution is 2.30. The maximum absolute atomic E-state index is 10.3. The second-order valence-electron chi connectivity index (χ2n) is 7.58. The average Bonchev–Trinajstić information content (AvgIpc) is 3.33. The summed E-state index contributed by atoms with van der Waals surface area (Å²) < 4.78 is 10.6. The minimum atomic E-state index is 0. The number of hydrogen-bond donors (Lipinski definition) is 3. The standard InChI is InChI=1S/C24H34N4O3.HI/c1-4-25-24(26-16-19-10-8-12-22(31-3)23(19)29)27-17-21(28-13-5-6-14-28)18-9-7-11-20(15-18)30-2;/h7-12,15,21,29H,4-6,13-14,16-17H2,1-3H3,(H2,25,26,27);1H. The molecular formula is C24H35IN4O3. The minimum Gasteiger partial charge on any atom is -0.504 e. The van der Waals surface area contributed by atoms with E-state index in [1.54, 1.807) is 20.3 Å². The third-order valence-electron chi connectivity index (χ3n) is 5.58. The van der Waals surface area contributed by atoms with Gasteiger partial charge in [0.2, 0.25) is 0 Å². The third kappa shape index (κ3) is 6.90. The lowest BCUT2D eigenvalue weighted by molar-refractivity contribution is 0.245. The molecule has 0 spiro atoms. The second-order valence-corrected chi connectivity index (χ2v) is 7.58. The van der Waals surface area contributed by atoms with Crippen LogP contribution in [0.4, 0.5) is 0 Å². The molecule has 0 aromatic heterocycles. The lowest BCUT2D eigenvalue weighted by atomic mass is 10.1. The number of likely N-dealkylation sites (tertiary alicyclic amines) is 1. The van der Waals surface area contributed by atoms with Crippen molar-refractivity contribution in [3.63, 3.8) is 0 Å². The van der Waals surface area contributed by atoms with E-state index in [1.807, 2.05) is 31.2 Å². The molecule has 1 aliphatic heterocycles. The van der Waals surface area contributed by atoms with Crippen molar-refractivity contribution in [2.75, 3.05) is 40.4 Å². The highest BCUT2D eigenvalue weighted by molar-refractivity contribution is 14.0. The van der Waals surface area contributed by atoms with Gasteiger partial charge in [-0.1, -0.05) is 24.3 Å². The molecule has 0 radical (unpaired) electrons. The van der Waals surface area contributed by atoms with Crippen LogP contribution in [-0.2, 0) is 6.54 Å². The highest BCUT2D eigenvalue weighted by Gasteiger charge is 2.24. The fourth-order valence-electron chi connectivity index (χ4n) is 3.92. The molecule has 32 heavy (non-hydrogen) atoms. The molecule has 1 heterocycles. The van der Waals surface area contributed by atoms with Gasteiger partial charge in [-0.15, -0.1) is 24.0 Å². The fraction of sp³-hybridized carbons (Fsp3) is 0.458. The Morgan fingerprint density at radius 3 is 2.53 bits per heavy atom. The summed E-state index contributed by atoms with van der Waals surface area (Å²) in [7, 11) is 3.25. The number of phenolic OH excluding ortho intramolecular Hbond substituents is 1. The molecule has 3 N–H and O–H groups in total. The molecule has 0 aliphatic carbocycles. The third-order valence-corrected chi connectivity index (χ3v) is 5.58. The van der Waals surface area contributed by atoms with E-state index < -0.39 is 0 Å². The summed E-state index contributed by atoms with van der Waals surface area (Å²) in [6.45, 7) is 6.06. The molecule has 1 aliphatic rings. The SMILES string of the molecule is CCNC(=NCc1cccc(OC)c1O)NCC(c1cccc(OC)c1)N1CCCC1.I. The highest BCUT2D eigenvalue weighted by atomic mass is 127. The van der Waals surface area contributed by atoms with Crippen LogP contribution >= 0.6 is 24.0 Å². The molecule has 0 saturated carbocycles. The lowest BCUT2D eigenvalue weighted by Crippen LogP contribution is -2.42. The fourth-order valence-corrected chi connectivity index (χ4v) is 3.92. The Bertz CT molecular complexity index is 872. The predicted octanol–water partition coefficient (Wildman–Crippen LogP) is 3.92. The molecule has 1 fully saturated rings. The molecule has 1 unspecified atom stereocenters. The first-order valence-electron chi connectivity index (χ1n) is 10.9. The van der Waals surface area contributed by atoms with Gasteiger partial charge in [0.05, 0.1) is 26.8 Å². The molecule has 0 bridgehead atoms. The molecule has 3 rings (SSSR count). The number of rotatable bonds is 9. The molecule has 2 aromatic carbocycles. The van der Waals surface area contributed by atoms with Crippen molar-refractivity contribution in [2.45, 2.75) is 32.4 Å². The number of aliphatic imine (C=N–C) groups is 1. The maximum atomic E-state index is 10.3. The number of hydrogen-bond acceptors (Lipinski definition) is 5. The molecule has 176 valence electrons.